The number of aryl methyl sites for hydroxylation is 1. The van der Waals surface area contributed by atoms with E-state index in [-0.39, 0.29) is 11.6 Å². The number of nitrogens with zero attached hydrogens (tertiary/aromatic N) is 3. The largest absolute Gasteiger partial charge is 0.323 e. The molecule has 0 bridgehead atoms. The van der Waals surface area contributed by atoms with Gasteiger partial charge in [0.1, 0.15) is 11.8 Å². The highest BCUT2D eigenvalue weighted by Crippen LogP contribution is 2.23. The monoisotopic (exact) mass is 397 g/mol. The molecular formula is C19H13Cl2N5O. The van der Waals surface area contributed by atoms with Crippen LogP contribution in [0.3, 0.4) is 0 Å². The minimum absolute atomic E-state index is 0.163. The van der Waals surface area contributed by atoms with Crippen LogP contribution in [0.1, 0.15) is 21.7 Å². The molecule has 0 aliphatic rings. The molecule has 0 radical (unpaired) electrons. The van der Waals surface area contributed by atoms with E-state index < -0.39 is 5.91 Å². The first kappa shape index (κ1) is 18.6. The zero-order chi connectivity index (χ0) is 19.4. The van der Waals surface area contributed by atoms with Crippen LogP contribution in [0.2, 0.25) is 10.0 Å². The third-order valence-electron chi connectivity index (χ3n) is 3.50. The lowest BCUT2D eigenvalue weighted by atomic mass is 10.2. The molecule has 0 saturated heterocycles. The second-order valence-corrected chi connectivity index (χ2v) is 6.49. The molecule has 1 aromatic heterocycles. The van der Waals surface area contributed by atoms with Gasteiger partial charge in [0.05, 0.1) is 11.3 Å². The SMILES string of the molecule is Cc1cc(C(=O)Nc2cc(Cl)cc(Cl)c2)nc(Nc2ccccc2C#N)n1. The summed E-state index contributed by atoms with van der Waals surface area (Å²) in [6.45, 7) is 1.75. The van der Waals surface area contributed by atoms with E-state index >= 15 is 0 Å². The molecule has 1 amide bonds. The zero-order valence-electron chi connectivity index (χ0n) is 14.1. The number of aromatic nitrogens is 2. The first-order valence-corrected chi connectivity index (χ1v) is 8.59. The summed E-state index contributed by atoms with van der Waals surface area (Å²) in [7, 11) is 0. The van der Waals surface area contributed by atoms with Crippen LogP contribution in [0.4, 0.5) is 17.3 Å². The van der Waals surface area contributed by atoms with Crippen molar-refractivity contribution in [3.63, 3.8) is 0 Å². The molecule has 0 atom stereocenters. The van der Waals surface area contributed by atoms with Crippen molar-refractivity contribution in [1.29, 1.82) is 5.26 Å². The summed E-state index contributed by atoms with van der Waals surface area (Å²) >= 11 is 11.9. The number of nitriles is 1. The summed E-state index contributed by atoms with van der Waals surface area (Å²) in [4.78, 5) is 21.1. The van der Waals surface area contributed by atoms with Crippen molar-refractivity contribution in [2.24, 2.45) is 0 Å². The normalized spacial score (nSPS) is 10.1. The number of benzene rings is 2. The molecular weight excluding hydrogens is 385 g/mol. The van der Waals surface area contributed by atoms with Crippen LogP contribution < -0.4 is 10.6 Å². The maximum Gasteiger partial charge on any atom is 0.274 e. The number of anilines is 3. The fourth-order valence-electron chi connectivity index (χ4n) is 2.37. The Labute approximate surface area is 165 Å². The summed E-state index contributed by atoms with van der Waals surface area (Å²) in [6.07, 6.45) is 0. The van der Waals surface area contributed by atoms with E-state index in [1.165, 1.54) is 0 Å². The standard InChI is InChI=1S/C19H13Cl2N5O/c1-11-6-17(18(27)24-15-8-13(20)7-14(21)9-15)26-19(23-11)25-16-5-3-2-4-12(16)10-22/h2-9H,1H3,(H,24,27)(H,23,25,26). The number of carbonyl (C=O) groups is 1. The van der Waals surface area contributed by atoms with Gasteiger partial charge in [0, 0.05) is 21.4 Å². The molecule has 3 rings (SSSR count). The molecule has 6 nitrogen and oxygen atoms in total. The van der Waals surface area contributed by atoms with Crippen LogP contribution in [-0.2, 0) is 0 Å². The molecule has 0 aliphatic carbocycles. The van der Waals surface area contributed by atoms with Gasteiger partial charge in [-0.25, -0.2) is 9.97 Å². The summed E-state index contributed by atoms with van der Waals surface area (Å²) in [5.41, 5.74) is 2.21. The lowest BCUT2D eigenvalue weighted by molar-refractivity contribution is 0.102. The summed E-state index contributed by atoms with van der Waals surface area (Å²) in [5.74, 6) is -0.220. The fourth-order valence-corrected chi connectivity index (χ4v) is 2.90. The van der Waals surface area contributed by atoms with Crippen LogP contribution in [0.15, 0.2) is 48.5 Å². The van der Waals surface area contributed by atoms with Gasteiger partial charge in [0.15, 0.2) is 0 Å². The Kier molecular flexibility index (Phi) is 5.55. The van der Waals surface area contributed by atoms with Crippen molar-refractivity contribution in [3.05, 3.63) is 75.5 Å². The minimum Gasteiger partial charge on any atom is -0.323 e. The molecule has 0 spiro atoms. The van der Waals surface area contributed by atoms with Crippen molar-refractivity contribution >= 4 is 46.4 Å². The van der Waals surface area contributed by atoms with Crippen LogP contribution in [0.5, 0.6) is 0 Å². The number of carbonyl (C=O) groups excluding carboxylic acids is 1. The zero-order valence-corrected chi connectivity index (χ0v) is 15.6. The lowest BCUT2D eigenvalue weighted by Gasteiger charge is -2.10. The fraction of sp³-hybridized carbons (Fsp3) is 0.0526. The molecule has 8 heteroatoms. The van der Waals surface area contributed by atoms with Gasteiger partial charge in [-0.1, -0.05) is 35.3 Å². The van der Waals surface area contributed by atoms with E-state index in [2.05, 4.69) is 26.7 Å². The van der Waals surface area contributed by atoms with E-state index in [4.69, 9.17) is 23.2 Å². The first-order valence-electron chi connectivity index (χ1n) is 7.84. The molecule has 27 heavy (non-hydrogen) atoms. The Morgan fingerprint density at radius 3 is 2.48 bits per heavy atom. The number of amides is 1. The number of hydrogen-bond donors (Lipinski definition) is 2. The third kappa shape index (κ3) is 4.73. The van der Waals surface area contributed by atoms with Crippen molar-refractivity contribution in [1.82, 2.24) is 9.97 Å². The summed E-state index contributed by atoms with van der Waals surface area (Å²) < 4.78 is 0. The second-order valence-electron chi connectivity index (χ2n) is 5.61. The maximum absolute atomic E-state index is 12.5. The summed E-state index contributed by atoms with van der Waals surface area (Å²) in [5, 5.41) is 15.7. The van der Waals surface area contributed by atoms with Crippen LogP contribution in [0, 0.1) is 18.3 Å². The highest BCUT2D eigenvalue weighted by molar-refractivity contribution is 6.35. The van der Waals surface area contributed by atoms with E-state index in [9.17, 15) is 10.1 Å². The Morgan fingerprint density at radius 1 is 1.07 bits per heavy atom. The van der Waals surface area contributed by atoms with Crippen molar-refractivity contribution in [2.75, 3.05) is 10.6 Å². The molecule has 2 N–H and O–H groups in total. The molecule has 134 valence electrons. The van der Waals surface area contributed by atoms with Crippen molar-refractivity contribution < 1.29 is 4.79 Å². The highest BCUT2D eigenvalue weighted by Gasteiger charge is 2.13. The van der Waals surface area contributed by atoms with Crippen LogP contribution in [0.25, 0.3) is 0 Å². The molecule has 0 unspecified atom stereocenters. The molecule has 0 saturated carbocycles. The molecule has 1 heterocycles. The Balaban J connectivity index is 1.86. The average molecular weight is 398 g/mol. The molecule has 0 fully saturated rings. The first-order chi connectivity index (χ1) is 12.9. The average Bonchev–Trinajstić information content (AvgIpc) is 2.60. The topological polar surface area (TPSA) is 90.7 Å². The third-order valence-corrected chi connectivity index (χ3v) is 3.94. The van der Waals surface area contributed by atoms with Gasteiger partial charge < -0.3 is 10.6 Å². The van der Waals surface area contributed by atoms with Gasteiger partial charge in [-0.2, -0.15) is 5.26 Å². The lowest BCUT2D eigenvalue weighted by Crippen LogP contribution is -2.15. The van der Waals surface area contributed by atoms with E-state index in [1.807, 2.05) is 0 Å². The number of rotatable bonds is 4. The van der Waals surface area contributed by atoms with E-state index in [0.29, 0.717) is 32.7 Å². The summed E-state index contributed by atoms with van der Waals surface area (Å²) in [6, 6.07) is 15.3. The minimum atomic E-state index is -0.435. The van der Waals surface area contributed by atoms with Gasteiger partial charge >= 0.3 is 0 Å². The Morgan fingerprint density at radius 2 is 1.78 bits per heavy atom. The number of hydrogen-bond acceptors (Lipinski definition) is 5. The maximum atomic E-state index is 12.5. The Hall–Kier alpha value is -3.14. The number of para-hydroxylation sites is 1. The molecule has 0 aliphatic heterocycles. The highest BCUT2D eigenvalue weighted by atomic mass is 35.5. The smallest absolute Gasteiger partial charge is 0.274 e. The molecule has 2 aromatic carbocycles. The van der Waals surface area contributed by atoms with Crippen molar-refractivity contribution in [3.8, 4) is 6.07 Å². The molecule has 3 aromatic rings. The van der Waals surface area contributed by atoms with Gasteiger partial charge in [-0.3, -0.25) is 4.79 Å². The van der Waals surface area contributed by atoms with Crippen LogP contribution >= 0.6 is 23.2 Å². The predicted octanol–water partition coefficient (Wildman–Crippen LogP) is 4.96. The second kappa shape index (κ2) is 8.04. The van der Waals surface area contributed by atoms with Gasteiger partial charge in [-0.05, 0) is 43.3 Å². The van der Waals surface area contributed by atoms with Gasteiger partial charge in [0.2, 0.25) is 5.95 Å². The predicted molar refractivity (Wildman–Crippen MR) is 106 cm³/mol. The van der Waals surface area contributed by atoms with E-state index in [1.54, 1.807) is 55.5 Å². The van der Waals surface area contributed by atoms with Crippen molar-refractivity contribution in [2.45, 2.75) is 6.92 Å². The van der Waals surface area contributed by atoms with E-state index in [0.717, 1.165) is 0 Å². The van der Waals surface area contributed by atoms with Gasteiger partial charge in [-0.15, -0.1) is 0 Å². The number of nitrogens with one attached hydrogen (secondary N) is 2. The quantitative estimate of drug-likeness (QED) is 0.648. The van der Waals surface area contributed by atoms with Crippen LogP contribution in [-0.4, -0.2) is 15.9 Å². The number of halogens is 2. The Bertz CT molecular complexity index is 1040. The van der Waals surface area contributed by atoms with Gasteiger partial charge in [0.25, 0.3) is 5.91 Å².